The van der Waals surface area contributed by atoms with Crippen LogP contribution < -0.4 is 14.8 Å². The lowest BCUT2D eigenvalue weighted by molar-refractivity contribution is 0.0935. The highest BCUT2D eigenvalue weighted by atomic mass is 32.2. The van der Waals surface area contributed by atoms with Gasteiger partial charge in [-0.1, -0.05) is 37.3 Å². The first kappa shape index (κ1) is 24.6. The number of thiazole rings is 1. The minimum absolute atomic E-state index is 0.0955. The fourth-order valence-electron chi connectivity index (χ4n) is 2.93. The molecule has 0 fully saturated rings. The molecule has 1 aromatic heterocycles. The van der Waals surface area contributed by atoms with Crippen LogP contribution in [0.25, 0.3) is 0 Å². The van der Waals surface area contributed by atoms with Gasteiger partial charge in [0.2, 0.25) is 10.0 Å². The first-order valence-electron chi connectivity index (χ1n) is 9.94. The Hall–Kier alpha value is -3.05. The summed E-state index contributed by atoms with van der Waals surface area (Å²) in [4.78, 5) is 16.7. The van der Waals surface area contributed by atoms with Crippen molar-refractivity contribution in [1.82, 2.24) is 10.3 Å². The van der Waals surface area contributed by atoms with Gasteiger partial charge in [-0.15, -0.1) is 0 Å². The van der Waals surface area contributed by atoms with Gasteiger partial charge in [-0.2, -0.15) is 4.98 Å². The fourth-order valence-corrected chi connectivity index (χ4v) is 4.16. The van der Waals surface area contributed by atoms with Gasteiger partial charge in [-0.05, 0) is 48.2 Å². The van der Waals surface area contributed by atoms with E-state index in [1.807, 2.05) is 18.2 Å². The Morgan fingerprint density at radius 3 is 2.36 bits per heavy atom. The lowest BCUT2D eigenvalue weighted by Crippen LogP contribution is -2.27. The lowest BCUT2D eigenvalue weighted by Gasteiger charge is -2.15. The Balaban J connectivity index is 1.69. The van der Waals surface area contributed by atoms with Crippen LogP contribution in [-0.4, -0.2) is 25.6 Å². The summed E-state index contributed by atoms with van der Waals surface area (Å²) in [5, 5.41) is 4.41. The third-order valence-corrected chi connectivity index (χ3v) is 5.94. The van der Waals surface area contributed by atoms with Gasteiger partial charge in [0, 0.05) is 5.38 Å². The van der Waals surface area contributed by atoms with Gasteiger partial charge in [-0.3, -0.25) is 9.52 Å². The smallest absolute Gasteiger partial charge is 0.279 e. The summed E-state index contributed by atoms with van der Waals surface area (Å²) in [7, 11) is -3.86. The average molecular weight is 496 g/mol. The lowest BCUT2D eigenvalue weighted by atomic mass is 10.0. The summed E-state index contributed by atoms with van der Waals surface area (Å²) in [5.74, 6) is -1.80. The van der Waals surface area contributed by atoms with E-state index in [0.717, 1.165) is 35.3 Å². The van der Waals surface area contributed by atoms with Crippen molar-refractivity contribution in [3.8, 4) is 10.9 Å². The van der Waals surface area contributed by atoms with Crippen LogP contribution in [0.2, 0.25) is 0 Å². The molecule has 0 aliphatic carbocycles. The van der Waals surface area contributed by atoms with Crippen LogP contribution in [0.5, 0.6) is 10.9 Å². The summed E-state index contributed by atoms with van der Waals surface area (Å²) in [6, 6.07) is 8.71. The molecule has 0 aliphatic heterocycles. The van der Waals surface area contributed by atoms with E-state index in [1.54, 1.807) is 10.8 Å². The zero-order valence-electron chi connectivity index (χ0n) is 18.3. The third-order valence-electron chi connectivity index (χ3n) is 4.65. The van der Waals surface area contributed by atoms with Crippen molar-refractivity contribution in [1.29, 1.82) is 0 Å². The van der Waals surface area contributed by atoms with Gasteiger partial charge in [0.25, 0.3) is 11.1 Å². The van der Waals surface area contributed by atoms with Crippen LogP contribution in [0.4, 0.5) is 14.5 Å². The number of carbonyl (C=O) groups excluding carboxylic acids is 1. The zero-order chi connectivity index (χ0) is 24.3. The molecule has 2 aromatic carbocycles. The molecule has 176 valence electrons. The molecule has 11 heteroatoms. The van der Waals surface area contributed by atoms with Crippen molar-refractivity contribution in [2.24, 2.45) is 0 Å². The van der Waals surface area contributed by atoms with Crippen molar-refractivity contribution in [2.45, 2.75) is 32.7 Å². The SMILES string of the molecule is CC(C)c1cccc(Oc2nc(C(=O)NC(C)c3cc(F)c(NS(C)(=O)=O)c(F)c3)cs2)c1. The van der Waals surface area contributed by atoms with Gasteiger partial charge in [0.05, 0.1) is 12.3 Å². The minimum Gasteiger partial charge on any atom is -0.431 e. The zero-order valence-corrected chi connectivity index (χ0v) is 20.0. The Morgan fingerprint density at radius 2 is 1.76 bits per heavy atom. The summed E-state index contributed by atoms with van der Waals surface area (Å²) in [6.07, 6.45) is 0.787. The first-order valence-corrected chi connectivity index (χ1v) is 12.7. The summed E-state index contributed by atoms with van der Waals surface area (Å²) < 4.78 is 58.6. The highest BCUT2D eigenvalue weighted by molar-refractivity contribution is 7.92. The van der Waals surface area contributed by atoms with Gasteiger partial charge in [-0.25, -0.2) is 17.2 Å². The number of aromatic nitrogens is 1. The van der Waals surface area contributed by atoms with Crippen molar-refractivity contribution in [3.63, 3.8) is 0 Å². The van der Waals surface area contributed by atoms with E-state index >= 15 is 0 Å². The van der Waals surface area contributed by atoms with E-state index in [4.69, 9.17) is 4.74 Å². The monoisotopic (exact) mass is 495 g/mol. The molecule has 0 radical (unpaired) electrons. The Bertz CT molecular complexity index is 1250. The molecule has 1 heterocycles. The molecule has 7 nitrogen and oxygen atoms in total. The summed E-state index contributed by atoms with van der Waals surface area (Å²) in [6.45, 7) is 5.68. The highest BCUT2D eigenvalue weighted by Gasteiger charge is 2.20. The molecule has 3 aromatic rings. The van der Waals surface area contributed by atoms with E-state index in [9.17, 15) is 22.0 Å². The molecule has 0 aliphatic rings. The number of benzene rings is 2. The molecule has 3 rings (SSSR count). The van der Waals surface area contributed by atoms with Gasteiger partial charge in [0.1, 0.15) is 17.1 Å². The molecule has 0 spiro atoms. The number of hydrogen-bond donors (Lipinski definition) is 2. The van der Waals surface area contributed by atoms with Crippen molar-refractivity contribution in [2.75, 3.05) is 11.0 Å². The predicted molar refractivity (Wildman–Crippen MR) is 123 cm³/mol. The van der Waals surface area contributed by atoms with Crippen LogP contribution in [0, 0.1) is 11.6 Å². The molecule has 0 bridgehead atoms. The maximum atomic E-state index is 14.2. The number of rotatable bonds is 8. The number of ether oxygens (including phenoxy) is 1. The van der Waals surface area contributed by atoms with E-state index in [-0.39, 0.29) is 16.5 Å². The van der Waals surface area contributed by atoms with E-state index < -0.39 is 39.3 Å². The number of nitrogens with zero attached hydrogens (tertiary/aromatic N) is 1. The second-order valence-electron chi connectivity index (χ2n) is 7.76. The maximum absolute atomic E-state index is 14.2. The first-order chi connectivity index (χ1) is 15.4. The van der Waals surface area contributed by atoms with Crippen LogP contribution in [0.1, 0.15) is 54.3 Å². The van der Waals surface area contributed by atoms with Crippen LogP contribution in [0.15, 0.2) is 41.8 Å². The minimum atomic E-state index is -3.86. The topological polar surface area (TPSA) is 97.4 Å². The Labute approximate surface area is 194 Å². The normalized spacial score (nSPS) is 12.5. The predicted octanol–water partition coefficient (Wildman–Crippen LogP) is 5.20. The summed E-state index contributed by atoms with van der Waals surface area (Å²) >= 11 is 1.14. The third kappa shape index (κ3) is 6.48. The Morgan fingerprint density at radius 1 is 1.09 bits per heavy atom. The number of halogens is 2. The van der Waals surface area contributed by atoms with Crippen LogP contribution >= 0.6 is 11.3 Å². The average Bonchev–Trinajstić information content (AvgIpc) is 3.18. The highest BCUT2D eigenvalue weighted by Crippen LogP contribution is 2.29. The second kappa shape index (κ2) is 9.84. The molecule has 0 saturated heterocycles. The fraction of sp³-hybridized carbons (Fsp3) is 0.273. The standard InChI is InChI=1S/C22H23F2N3O4S2/c1-12(2)14-6-5-7-16(8-14)31-22-26-19(11-32-22)21(28)25-13(3)15-9-17(23)20(18(24)10-15)27-33(4,29)30/h5-13,27H,1-4H3,(H,25,28). The molecule has 1 atom stereocenters. The molecule has 2 N–H and O–H groups in total. The number of amides is 1. The van der Waals surface area contributed by atoms with Gasteiger partial charge < -0.3 is 10.1 Å². The van der Waals surface area contributed by atoms with Crippen molar-refractivity contribution < 1.29 is 26.7 Å². The van der Waals surface area contributed by atoms with Crippen LogP contribution in [0.3, 0.4) is 0 Å². The largest absolute Gasteiger partial charge is 0.431 e. The van der Waals surface area contributed by atoms with Crippen molar-refractivity contribution in [3.05, 3.63) is 70.2 Å². The van der Waals surface area contributed by atoms with E-state index in [0.29, 0.717) is 11.7 Å². The van der Waals surface area contributed by atoms with E-state index in [2.05, 4.69) is 24.1 Å². The number of anilines is 1. The number of hydrogen-bond acceptors (Lipinski definition) is 6. The second-order valence-corrected chi connectivity index (χ2v) is 10.3. The number of sulfonamides is 1. The Kier molecular flexibility index (Phi) is 7.33. The molecule has 33 heavy (non-hydrogen) atoms. The van der Waals surface area contributed by atoms with Crippen LogP contribution in [-0.2, 0) is 10.0 Å². The van der Waals surface area contributed by atoms with Gasteiger partial charge in [0.15, 0.2) is 11.6 Å². The molecule has 1 unspecified atom stereocenters. The number of carbonyl (C=O) groups is 1. The van der Waals surface area contributed by atoms with Crippen molar-refractivity contribution >= 4 is 33.0 Å². The summed E-state index contributed by atoms with van der Waals surface area (Å²) in [5.41, 5.74) is 0.545. The maximum Gasteiger partial charge on any atom is 0.279 e. The number of nitrogens with one attached hydrogen (secondary N) is 2. The molecule has 1 amide bonds. The van der Waals surface area contributed by atoms with Gasteiger partial charge >= 0.3 is 0 Å². The quantitative estimate of drug-likeness (QED) is 0.448. The van der Waals surface area contributed by atoms with E-state index in [1.165, 1.54) is 12.3 Å². The molecular weight excluding hydrogens is 472 g/mol. The molecular formula is C22H23F2N3O4S2. The molecule has 0 saturated carbocycles.